The molecule has 1 aromatic carbocycles. The van der Waals surface area contributed by atoms with Crippen LogP contribution in [0.5, 0.6) is 0 Å². The Labute approximate surface area is 159 Å². The molecule has 0 saturated carbocycles. The van der Waals surface area contributed by atoms with E-state index in [9.17, 15) is 9.59 Å². The Bertz CT molecular complexity index is 609. The summed E-state index contributed by atoms with van der Waals surface area (Å²) in [6, 6.07) is 5.60. The first-order valence-electron chi connectivity index (χ1n) is 8.63. The summed E-state index contributed by atoms with van der Waals surface area (Å²) in [5, 5.41) is 2.91. The van der Waals surface area contributed by atoms with E-state index in [1.165, 1.54) is 0 Å². The van der Waals surface area contributed by atoms with Gasteiger partial charge in [-0.25, -0.2) is 0 Å². The van der Waals surface area contributed by atoms with Gasteiger partial charge in [0.25, 0.3) is 0 Å². The highest BCUT2D eigenvalue weighted by molar-refractivity contribution is 9.10. The first-order chi connectivity index (χ1) is 11.5. The van der Waals surface area contributed by atoms with E-state index in [2.05, 4.69) is 21.2 Å². The second-order valence-corrected chi connectivity index (χ2v) is 7.95. The lowest BCUT2D eigenvalue weighted by molar-refractivity contribution is -0.140. The number of amides is 2. The number of halogens is 1. The van der Waals surface area contributed by atoms with E-state index in [4.69, 9.17) is 0 Å². The second-order valence-electron chi connectivity index (χ2n) is 7.03. The second kappa shape index (κ2) is 9.34. The fraction of sp³-hybridized carbons (Fsp3) is 0.579. The molecule has 25 heavy (non-hydrogen) atoms. The van der Waals surface area contributed by atoms with Gasteiger partial charge in [0.15, 0.2) is 0 Å². The summed E-state index contributed by atoms with van der Waals surface area (Å²) in [5.74, 6) is -0.0895. The molecular formula is C19H30BrN3O2. The predicted molar refractivity (Wildman–Crippen MR) is 107 cm³/mol. The maximum Gasteiger partial charge on any atom is 0.240 e. The first kappa shape index (κ1) is 21.6. The molecule has 0 aliphatic heterocycles. The molecule has 6 heteroatoms. The van der Waals surface area contributed by atoms with Crippen molar-refractivity contribution in [3.05, 3.63) is 28.2 Å². The Morgan fingerprint density at radius 1 is 1.12 bits per heavy atom. The van der Waals surface area contributed by atoms with Crippen molar-refractivity contribution in [2.24, 2.45) is 0 Å². The molecule has 1 atom stereocenters. The van der Waals surface area contributed by atoms with Gasteiger partial charge in [0.2, 0.25) is 11.8 Å². The third-order valence-corrected chi connectivity index (χ3v) is 4.73. The molecule has 0 radical (unpaired) electrons. The lowest BCUT2D eigenvalue weighted by atomic mass is 10.1. The van der Waals surface area contributed by atoms with E-state index in [0.29, 0.717) is 0 Å². The van der Waals surface area contributed by atoms with Crippen molar-refractivity contribution < 1.29 is 9.59 Å². The summed E-state index contributed by atoms with van der Waals surface area (Å²) in [7, 11) is 1.80. The number of rotatable bonds is 7. The van der Waals surface area contributed by atoms with Crippen molar-refractivity contribution in [2.45, 2.75) is 59.7 Å². The van der Waals surface area contributed by atoms with Crippen LogP contribution in [-0.2, 0) is 9.59 Å². The van der Waals surface area contributed by atoms with Crippen LogP contribution >= 0.6 is 15.9 Å². The number of anilines is 1. The molecule has 0 heterocycles. The van der Waals surface area contributed by atoms with Crippen molar-refractivity contribution in [1.82, 2.24) is 9.80 Å². The van der Waals surface area contributed by atoms with E-state index in [1.807, 2.05) is 64.6 Å². The highest BCUT2D eigenvalue weighted by Crippen LogP contribution is 2.20. The van der Waals surface area contributed by atoms with Gasteiger partial charge in [-0.15, -0.1) is 0 Å². The van der Waals surface area contributed by atoms with Crippen LogP contribution in [0.25, 0.3) is 0 Å². The SMILES string of the molecule is Cc1cc(Br)ccc1NC(=O)CN(C)C(C)C(=O)N(C(C)C)C(C)C. The fourth-order valence-electron chi connectivity index (χ4n) is 2.83. The maximum atomic E-state index is 12.7. The number of aryl methyl sites for hydroxylation is 1. The van der Waals surface area contributed by atoms with E-state index in [-0.39, 0.29) is 36.5 Å². The number of likely N-dealkylation sites (N-methyl/N-ethyl adjacent to an activating group) is 1. The van der Waals surface area contributed by atoms with Crippen LogP contribution < -0.4 is 5.32 Å². The number of carbonyl (C=O) groups excluding carboxylic acids is 2. The number of nitrogens with one attached hydrogen (secondary N) is 1. The van der Waals surface area contributed by atoms with Crippen molar-refractivity contribution in [3.63, 3.8) is 0 Å². The minimum absolute atomic E-state index is 0.0418. The van der Waals surface area contributed by atoms with E-state index >= 15 is 0 Å². The van der Waals surface area contributed by atoms with Crippen molar-refractivity contribution in [3.8, 4) is 0 Å². The molecule has 1 aromatic rings. The minimum Gasteiger partial charge on any atom is -0.336 e. The molecule has 1 unspecified atom stereocenters. The van der Waals surface area contributed by atoms with Gasteiger partial charge in [0, 0.05) is 22.2 Å². The fourth-order valence-corrected chi connectivity index (χ4v) is 3.31. The highest BCUT2D eigenvalue weighted by Gasteiger charge is 2.28. The normalized spacial score (nSPS) is 12.6. The lowest BCUT2D eigenvalue weighted by Crippen LogP contribution is -2.52. The lowest BCUT2D eigenvalue weighted by Gasteiger charge is -2.35. The quantitative estimate of drug-likeness (QED) is 0.744. The summed E-state index contributed by atoms with van der Waals surface area (Å²) in [5.41, 5.74) is 1.77. The van der Waals surface area contributed by atoms with Gasteiger partial charge >= 0.3 is 0 Å². The molecule has 1 N–H and O–H groups in total. The monoisotopic (exact) mass is 411 g/mol. The molecule has 5 nitrogen and oxygen atoms in total. The van der Waals surface area contributed by atoms with E-state index in [0.717, 1.165) is 15.7 Å². The largest absolute Gasteiger partial charge is 0.336 e. The number of hydrogen-bond acceptors (Lipinski definition) is 3. The Kier molecular flexibility index (Phi) is 8.09. The van der Waals surface area contributed by atoms with Crippen LogP contribution in [0.3, 0.4) is 0 Å². The van der Waals surface area contributed by atoms with Crippen molar-refractivity contribution >= 4 is 33.4 Å². The van der Waals surface area contributed by atoms with Crippen LogP contribution in [0.2, 0.25) is 0 Å². The molecule has 0 aliphatic rings. The minimum atomic E-state index is -0.360. The average molecular weight is 412 g/mol. The summed E-state index contributed by atoms with van der Waals surface area (Å²) in [4.78, 5) is 28.7. The zero-order valence-electron chi connectivity index (χ0n) is 16.3. The topological polar surface area (TPSA) is 52.7 Å². The van der Waals surface area contributed by atoms with Crippen molar-refractivity contribution in [2.75, 3.05) is 18.9 Å². The summed E-state index contributed by atoms with van der Waals surface area (Å²) in [6.45, 7) is 12.0. The van der Waals surface area contributed by atoms with Gasteiger partial charge in [-0.2, -0.15) is 0 Å². The predicted octanol–water partition coefficient (Wildman–Crippen LogP) is 3.66. The highest BCUT2D eigenvalue weighted by atomic mass is 79.9. The van der Waals surface area contributed by atoms with Gasteiger partial charge in [0.05, 0.1) is 12.6 Å². The third-order valence-electron chi connectivity index (χ3n) is 4.24. The molecule has 2 amide bonds. The van der Waals surface area contributed by atoms with Gasteiger partial charge in [-0.1, -0.05) is 15.9 Å². The molecule has 1 rings (SSSR count). The van der Waals surface area contributed by atoms with Crippen molar-refractivity contribution in [1.29, 1.82) is 0 Å². The standard InChI is InChI=1S/C19H30BrN3O2/c1-12(2)23(13(3)4)19(25)15(6)22(7)11-18(24)21-17-9-8-16(20)10-14(17)5/h8-10,12-13,15H,11H2,1-7H3,(H,21,24). The Morgan fingerprint density at radius 2 is 1.68 bits per heavy atom. The van der Waals surface area contributed by atoms with Gasteiger partial charge in [-0.3, -0.25) is 14.5 Å². The van der Waals surface area contributed by atoms with Gasteiger partial charge < -0.3 is 10.2 Å². The zero-order chi connectivity index (χ0) is 19.3. The van der Waals surface area contributed by atoms with Gasteiger partial charge in [0.1, 0.15) is 0 Å². The van der Waals surface area contributed by atoms with E-state index in [1.54, 1.807) is 11.9 Å². The summed E-state index contributed by atoms with van der Waals surface area (Å²) < 4.78 is 0.974. The van der Waals surface area contributed by atoms with Crippen LogP contribution in [0, 0.1) is 6.92 Å². The molecule has 0 bridgehead atoms. The molecule has 0 fully saturated rings. The molecule has 0 spiro atoms. The molecule has 0 saturated heterocycles. The number of benzene rings is 1. The first-order valence-corrected chi connectivity index (χ1v) is 9.42. The summed E-state index contributed by atoms with van der Waals surface area (Å²) in [6.07, 6.45) is 0. The molecule has 0 aromatic heterocycles. The Balaban J connectivity index is 2.71. The summed E-state index contributed by atoms with van der Waals surface area (Å²) >= 11 is 3.41. The van der Waals surface area contributed by atoms with Crippen LogP contribution in [0.4, 0.5) is 5.69 Å². The molecular weight excluding hydrogens is 382 g/mol. The average Bonchev–Trinajstić information content (AvgIpc) is 2.48. The molecule has 140 valence electrons. The van der Waals surface area contributed by atoms with Crippen LogP contribution in [0.1, 0.15) is 40.2 Å². The Hall–Kier alpha value is -1.40. The molecule has 0 aliphatic carbocycles. The number of carbonyl (C=O) groups is 2. The van der Waals surface area contributed by atoms with Crippen LogP contribution in [0.15, 0.2) is 22.7 Å². The zero-order valence-corrected chi connectivity index (χ0v) is 17.8. The number of nitrogens with zero attached hydrogens (tertiary/aromatic N) is 2. The smallest absolute Gasteiger partial charge is 0.240 e. The van der Waals surface area contributed by atoms with Crippen LogP contribution in [-0.4, -0.2) is 53.3 Å². The number of hydrogen-bond donors (Lipinski definition) is 1. The maximum absolute atomic E-state index is 12.7. The Morgan fingerprint density at radius 3 is 2.16 bits per heavy atom. The van der Waals surface area contributed by atoms with E-state index < -0.39 is 0 Å². The third kappa shape index (κ3) is 6.12. The van der Waals surface area contributed by atoms with Gasteiger partial charge in [-0.05, 0) is 72.4 Å².